The van der Waals surface area contributed by atoms with Gasteiger partial charge in [-0.2, -0.15) is 0 Å². The highest BCUT2D eigenvalue weighted by Gasteiger charge is 2.42. The quantitative estimate of drug-likeness (QED) is 0.831. The number of Topliss-reactive ketones (excluding diaryl/α,β-unsaturated/α-hetero) is 1. The van der Waals surface area contributed by atoms with Crippen molar-refractivity contribution in [2.24, 2.45) is 22.7 Å². The van der Waals surface area contributed by atoms with E-state index >= 15 is 0 Å². The average Bonchev–Trinajstić information content (AvgIpc) is 2.26. The van der Waals surface area contributed by atoms with Gasteiger partial charge in [-0.1, -0.05) is 34.6 Å². The molecule has 0 saturated heterocycles. The number of aliphatic hydroxyl groups is 1. The molecule has 1 unspecified atom stereocenters. The van der Waals surface area contributed by atoms with Gasteiger partial charge in [0.25, 0.3) is 0 Å². The van der Waals surface area contributed by atoms with E-state index in [-0.39, 0.29) is 11.7 Å². The molecular formula is C16H30O2. The van der Waals surface area contributed by atoms with E-state index in [1.807, 2.05) is 0 Å². The van der Waals surface area contributed by atoms with E-state index in [0.717, 1.165) is 25.7 Å². The molecule has 0 bridgehead atoms. The van der Waals surface area contributed by atoms with Gasteiger partial charge in [0.2, 0.25) is 0 Å². The Morgan fingerprint density at radius 1 is 1.06 bits per heavy atom. The highest BCUT2D eigenvalue weighted by molar-refractivity contribution is 5.84. The first-order valence-electron chi connectivity index (χ1n) is 7.29. The molecule has 18 heavy (non-hydrogen) atoms. The van der Waals surface area contributed by atoms with Crippen LogP contribution in [0.25, 0.3) is 0 Å². The first kappa shape index (κ1) is 15.7. The van der Waals surface area contributed by atoms with E-state index in [9.17, 15) is 9.90 Å². The molecule has 0 amide bonds. The Balaban J connectivity index is 2.62. The number of carbonyl (C=O) groups is 1. The summed E-state index contributed by atoms with van der Waals surface area (Å²) in [6, 6.07) is 0. The largest absolute Gasteiger partial charge is 0.386 e. The Morgan fingerprint density at radius 2 is 1.50 bits per heavy atom. The molecule has 0 aromatic rings. The standard InChI is InChI=1S/C16H30O2/c1-11(17)14(18)12-7-9-13(10-8-12)16(5,6)15(2,3)4/h11-13,17H,7-10H2,1-6H3. The Morgan fingerprint density at radius 3 is 1.83 bits per heavy atom. The van der Waals surface area contributed by atoms with Crippen molar-refractivity contribution in [3.63, 3.8) is 0 Å². The lowest BCUT2D eigenvalue weighted by Crippen LogP contribution is -2.40. The van der Waals surface area contributed by atoms with Gasteiger partial charge in [-0.25, -0.2) is 0 Å². The summed E-state index contributed by atoms with van der Waals surface area (Å²) in [7, 11) is 0. The zero-order valence-electron chi connectivity index (χ0n) is 12.9. The van der Waals surface area contributed by atoms with Gasteiger partial charge in [-0.15, -0.1) is 0 Å². The highest BCUT2D eigenvalue weighted by atomic mass is 16.3. The summed E-state index contributed by atoms with van der Waals surface area (Å²) >= 11 is 0. The third kappa shape index (κ3) is 3.14. The summed E-state index contributed by atoms with van der Waals surface area (Å²) in [4.78, 5) is 11.8. The van der Waals surface area contributed by atoms with Crippen molar-refractivity contribution in [1.29, 1.82) is 0 Å². The monoisotopic (exact) mass is 254 g/mol. The number of rotatable bonds is 3. The van der Waals surface area contributed by atoms with Crippen LogP contribution in [0.5, 0.6) is 0 Å². The molecule has 2 nitrogen and oxygen atoms in total. The summed E-state index contributed by atoms with van der Waals surface area (Å²) in [6.45, 7) is 13.2. The Bertz CT molecular complexity index is 289. The highest BCUT2D eigenvalue weighted by Crippen LogP contribution is 2.50. The van der Waals surface area contributed by atoms with Crippen molar-refractivity contribution in [3.8, 4) is 0 Å². The number of hydrogen-bond donors (Lipinski definition) is 1. The van der Waals surface area contributed by atoms with Crippen LogP contribution in [0.1, 0.15) is 67.2 Å². The van der Waals surface area contributed by atoms with Crippen LogP contribution in [-0.2, 0) is 4.79 Å². The smallest absolute Gasteiger partial charge is 0.164 e. The predicted molar refractivity (Wildman–Crippen MR) is 75.4 cm³/mol. The van der Waals surface area contributed by atoms with Gasteiger partial charge in [0, 0.05) is 5.92 Å². The normalized spacial score (nSPS) is 27.9. The van der Waals surface area contributed by atoms with Gasteiger partial charge < -0.3 is 5.11 Å². The third-order valence-electron chi connectivity index (χ3n) is 5.49. The number of aliphatic hydroxyl groups excluding tert-OH is 1. The molecule has 106 valence electrons. The lowest BCUT2D eigenvalue weighted by Gasteiger charge is -2.47. The van der Waals surface area contributed by atoms with E-state index in [2.05, 4.69) is 34.6 Å². The molecule has 2 heteroatoms. The van der Waals surface area contributed by atoms with Crippen molar-refractivity contribution in [1.82, 2.24) is 0 Å². The van der Waals surface area contributed by atoms with Gasteiger partial charge in [-0.05, 0) is 49.4 Å². The van der Waals surface area contributed by atoms with Crippen molar-refractivity contribution < 1.29 is 9.90 Å². The first-order valence-corrected chi connectivity index (χ1v) is 7.29. The molecule has 0 aromatic carbocycles. The zero-order chi connectivity index (χ0) is 14.1. The van der Waals surface area contributed by atoms with E-state index in [0.29, 0.717) is 16.7 Å². The second-order valence-electron chi connectivity index (χ2n) is 7.60. The van der Waals surface area contributed by atoms with E-state index in [1.165, 1.54) is 0 Å². The Kier molecular flexibility index (Phi) is 4.64. The summed E-state index contributed by atoms with van der Waals surface area (Å²) in [5.74, 6) is 0.828. The van der Waals surface area contributed by atoms with Gasteiger partial charge in [0.1, 0.15) is 6.10 Å². The molecular weight excluding hydrogens is 224 g/mol. The minimum absolute atomic E-state index is 0.0435. The van der Waals surface area contributed by atoms with Crippen molar-refractivity contribution >= 4 is 5.78 Å². The summed E-state index contributed by atoms with van der Waals surface area (Å²) in [5.41, 5.74) is 0.588. The molecule has 1 N–H and O–H groups in total. The summed E-state index contributed by atoms with van der Waals surface area (Å²) in [5, 5.41) is 9.38. The molecule has 1 fully saturated rings. The van der Waals surface area contributed by atoms with Crippen molar-refractivity contribution in [3.05, 3.63) is 0 Å². The lowest BCUT2D eigenvalue weighted by molar-refractivity contribution is -0.132. The molecule has 1 saturated carbocycles. The van der Waals surface area contributed by atoms with Crippen LogP contribution in [0.4, 0.5) is 0 Å². The van der Waals surface area contributed by atoms with Gasteiger partial charge in [-0.3, -0.25) is 4.79 Å². The molecule has 0 heterocycles. The van der Waals surface area contributed by atoms with Crippen LogP contribution in [0, 0.1) is 22.7 Å². The van der Waals surface area contributed by atoms with Crippen LogP contribution in [0.2, 0.25) is 0 Å². The lowest BCUT2D eigenvalue weighted by atomic mass is 9.58. The molecule has 1 atom stereocenters. The Labute approximate surface area is 112 Å². The summed E-state index contributed by atoms with van der Waals surface area (Å²) < 4.78 is 0. The van der Waals surface area contributed by atoms with Crippen LogP contribution in [-0.4, -0.2) is 17.0 Å². The molecule has 1 rings (SSSR count). The molecule has 0 spiro atoms. The van der Waals surface area contributed by atoms with Crippen LogP contribution in [0.15, 0.2) is 0 Å². The van der Waals surface area contributed by atoms with E-state index in [4.69, 9.17) is 0 Å². The third-order valence-corrected chi connectivity index (χ3v) is 5.49. The van der Waals surface area contributed by atoms with Crippen molar-refractivity contribution in [2.45, 2.75) is 73.3 Å². The maximum Gasteiger partial charge on any atom is 0.164 e. The van der Waals surface area contributed by atoms with Crippen LogP contribution >= 0.6 is 0 Å². The second-order valence-corrected chi connectivity index (χ2v) is 7.60. The molecule has 1 aliphatic rings. The predicted octanol–water partition coefficient (Wildman–Crippen LogP) is 3.82. The molecule has 0 aromatic heterocycles. The fraction of sp³-hybridized carbons (Fsp3) is 0.938. The van der Waals surface area contributed by atoms with Crippen molar-refractivity contribution in [2.75, 3.05) is 0 Å². The number of hydrogen-bond acceptors (Lipinski definition) is 2. The average molecular weight is 254 g/mol. The maximum absolute atomic E-state index is 11.8. The van der Waals surface area contributed by atoms with Crippen LogP contribution in [0.3, 0.4) is 0 Å². The number of carbonyl (C=O) groups excluding carboxylic acids is 1. The fourth-order valence-electron chi connectivity index (χ4n) is 3.05. The van der Waals surface area contributed by atoms with E-state index in [1.54, 1.807) is 6.92 Å². The molecule has 1 aliphatic carbocycles. The van der Waals surface area contributed by atoms with Gasteiger partial charge >= 0.3 is 0 Å². The molecule has 0 aliphatic heterocycles. The van der Waals surface area contributed by atoms with Gasteiger partial charge in [0.05, 0.1) is 0 Å². The maximum atomic E-state index is 11.8. The minimum Gasteiger partial charge on any atom is -0.386 e. The number of ketones is 1. The first-order chi connectivity index (χ1) is 8.07. The SMILES string of the molecule is CC(O)C(=O)C1CCC(C(C)(C)C(C)(C)C)CC1. The molecule has 0 radical (unpaired) electrons. The topological polar surface area (TPSA) is 37.3 Å². The summed E-state index contributed by atoms with van der Waals surface area (Å²) in [6.07, 6.45) is 3.35. The minimum atomic E-state index is -0.790. The van der Waals surface area contributed by atoms with Crippen LogP contribution < -0.4 is 0 Å². The Hall–Kier alpha value is -0.370. The zero-order valence-corrected chi connectivity index (χ0v) is 12.9. The second kappa shape index (κ2) is 5.32. The fourth-order valence-corrected chi connectivity index (χ4v) is 3.05. The van der Waals surface area contributed by atoms with Gasteiger partial charge in [0.15, 0.2) is 5.78 Å². The van der Waals surface area contributed by atoms with E-state index < -0.39 is 6.10 Å².